The van der Waals surface area contributed by atoms with Crippen molar-refractivity contribution in [2.75, 3.05) is 24.5 Å². The van der Waals surface area contributed by atoms with Gasteiger partial charge in [0.05, 0.1) is 6.33 Å². The van der Waals surface area contributed by atoms with Crippen LogP contribution >= 0.6 is 15.9 Å². The molecular weight excluding hydrogens is 308 g/mol. The molecule has 1 aliphatic heterocycles. The molecule has 1 unspecified atom stereocenters. The molecule has 1 fully saturated rings. The summed E-state index contributed by atoms with van der Waals surface area (Å²) in [7, 11) is 0. The lowest BCUT2D eigenvalue weighted by atomic mass is 10.2. The Balaban J connectivity index is 2.15. The number of unbranched alkanes of at least 4 members (excludes halogenated alkanes) is 1. The maximum absolute atomic E-state index is 11.7. The molecule has 1 atom stereocenters. The second-order valence-electron chi connectivity index (χ2n) is 4.96. The molecule has 1 aromatic heterocycles. The van der Waals surface area contributed by atoms with Crippen LogP contribution in [0.3, 0.4) is 0 Å². The van der Waals surface area contributed by atoms with E-state index in [1.54, 1.807) is 0 Å². The van der Waals surface area contributed by atoms with Crippen molar-refractivity contribution in [2.24, 2.45) is 0 Å². The van der Waals surface area contributed by atoms with Crippen LogP contribution < -0.4 is 15.8 Å². The van der Waals surface area contributed by atoms with E-state index in [1.165, 1.54) is 19.2 Å². The molecule has 0 spiro atoms. The van der Waals surface area contributed by atoms with E-state index in [0.29, 0.717) is 10.5 Å². The lowest BCUT2D eigenvalue weighted by molar-refractivity contribution is 0.568. The first kappa shape index (κ1) is 14.5. The summed E-state index contributed by atoms with van der Waals surface area (Å²) in [5.41, 5.74) is -0.120. The topological polar surface area (TPSA) is 61.0 Å². The number of H-pyrrole nitrogens is 1. The molecule has 2 rings (SSSR count). The van der Waals surface area contributed by atoms with Crippen LogP contribution in [0.4, 0.5) is 5.82 Å². The van der Waals surface area contributed by atoms with Gasteiger partial charge in [-0.05, 0) is 41.7 Å². The van der Waals surface area contributed by atoms with Crippen molar-refractivity contribution in [1.29, 1.82) is 0 Å². The molecule has 19 heavy (non-hydrogen) atoms. The van der Waals surface area contributed by atoms with Crippen LogP contribution in [0.5, 0.6) is 0 Å². The summed E-state index contributed by atoms with van der Waals surface area (Å²) >= 11 is 3.35. The number of halogens is 1. The molecule has 0 radical (unpaired) electrons. The van der Waals surface area contributed by atoms with Crippen LogP contribution in [0.2, 0.25) is 0 Å². The zero-order chi connectivity index (χ0) is 13.7. The average molecular weight is 329 g/mol. The molecule has 1 aliphatic rings. The van der Waals surface area contributed by atoms with Crippen molar-refractivity contribution in [2.45, 2.75) is 38.6 Å². The maximum atomic E-state index is 11.7. The summed E-state index contributed by atoms with van der Waals surface area (Å²) in [5.74, 6) is 0.755. The summed E-state index contributed by atoms with van der Waals surface area (Å²) in [6, 6.07) is 0.504. The van der Waals surface area contributed by atoms with Crippen molar-refractivity contribution in [3.63, 3.8) is 0 Å². The highest BCUT2D eigenvalue weighted by Gasteiger charge is 2.20. The Morgan fingerprint density at radius 3 is 3.11 bits per heavy atom. The zero-order valence-electron chi connectivity index (χ0n) is 11.3. The van der Waals surface area contributed by atoms with Crippen molar-refractivity contribution >= 4 is 21.7 Å². The van der Waals surface area contributed by atoms with E-state index in [9.17, 15) is 4.79 Å². The Morgan fingerprint density at radius 2 is 2.42 bits per heavy atom. The molecule has 1 aromatic rings. The molecular formula is C13H21BrN4O. The van der Waals surface area contributed by atoms with Gasteiger partial charge in [-0.25, -0.2) is 4.98 Å². The fraction of sp³-hybridized carbons (Fsp3) is 0.692. The van der Waals surface area contributed by atoms with Gasteiger partial charge in [0, 0.05) is 19.1 Å². The summed E-state index contributed by atoms with van der Waals surface area (Å²) in [5, 5.41) is 3.50. The summed E-state index contributed by atoms with van der Waals surface area (Å²) < 4.78 is 0.532. The molecule has 0 aliphatic carbocycles. The fourth-order valence-electron chi connectivity index (χ4n) is 2.41. The average Bonchev–Trinajstić information content (AvgIpc) is 2.91. The van der Waals surface area contributed by atoms with Crippen molar-refractivity contribution in [3.05, 3.63) is 21.2 Å². The van der Waals surface area contributed by atoms with Crippen molar-refractivity contribution in [3.8, 4) is 0 Å². The van der Waals surface area contributed by atoms with Crippen LogP contribution in [-0.2, 0) is 0 Å². The normalized spacial score (nSPS) is 18.7. The van der Waals surface area contributed by atoms with E-state index in [0.717, 1.165) is 38.3 Å². The molecule has 0 aromatic carbocycles. The quantitative estimate of drug-likeness (QED) is 0.837. The molecule has 5 nitrogen and oxygen atoms in total. The molecule has 1 saturated heterocycles. The minimum absolute atomic E-state index is 0.120. The van der Waals surface area contributed by atoms with E-state index in [1.807, 2.05) is 0 Å². The van der Waals surface area contributed by atoms with Gasteiger partial charge < -0.3 is 15.2 Å². The van der Waals surface area contributed by atoms with E-state index < -0.39 is 0 Å². The molecule has 6 heteroatoms. The minimum atomic E-state index is -0.120. The second-order valence-corrected chi connectivity index (χ2v) is 5.76. The van der Waals surface area contributed by atoms with Gasteiger partial charge in [-0.1, -0.05) is 13.3 Å². The first-order chi connectivity index (χ1) is 9.22. The van der Waals surface area contributed by atoms with Gasteiger partial charge in [0.1, 0.15) is 10.3 Å². The molecule has 0 bridgehead atoms. The Labute approximate surface area is 121 Å². The Bertz CT molecular complexity index is 456. The van der Waals surface area contributed by atoms with Crippen molar-refractivity contribution < 1.29 is 0 Å². The Kier molecular flexibility index (Phi) is 5.39. The summed E-state index contributed by atoms with van der Waals surface area (Å²) in [6.45, 7) is 5.11. The number of anilines is 1. The highest BCUT2D eigenvalue weighted by atomic mass is 79.9. The predicted molar refractivity (Wildman–Crippen MR) is 80.7 cm³/mol. The Hall–Kier alpha value is -0.880. The highest BCUT2D eigenvalue weighted by Crippen LogP contribution is 2.21. The molecule has 2 N–H and O–H groups in total. The third-order valence-corrected chi connectivity index (χ3v) is 4.18. The van der Waals surface area contributed by atoms with Gasteiger partial charge in [0.15, 0.2) is 0 Å². The summed E-state index contributed by atoms with van der Waals surface area (Å²) in [4.78, 5) is 20.8. The maximum Gasteiger partial charge on any atom is 0.267 e. The molecule has 0 saturated carbocycles. The number of aromatic amines is 1. The number of aromatic nitrogens is 2. The summed E-state index contributed by atoms with van der Waals surface area (Å²) in [6.07, 6.45) is 6.15. The fourth-order valence-corrected chi connectivity index (χ4v) is 2.87. The number of hydrogen-bond acceptors (Lipinski definition) is 4. The third-order valence-electron chi connectivity index (χ3n) is 3.46. The van der Waals surface area contributed by atoms with E-state index in [4.69, 9.17) is 0 Å². The monoisotopic (exact) mass is 328 g/mol. The lowest BCUT2D eigenvalue weighted by Gasteiger charge is -2.27. The number of nitrogens with zero attached hydrogens (tertiary/aromatic N) is 2. The van der Waals surface area contributed by atoms with Crippen LogP contribution in [-0.4, -0.2) is 35.6 Å². The Morgan fingerprint density at radius 1 is 1.58 bits per heavy atom. The smallest absolute Gasteiger partial charge is 0.267 e. The van der Waals surface area contributed by atoms with Crippen LogP contribution in [0.15, 0.2) is 15.6 Å². The first-order valence-corrected chi connectivity index (χ1v) is 7.73. The largest absolute Gasteiger partial charge is 0.354 e. The van der Waals surface area contributed by atoms with Gasteiger partial charge in [-0.3, -0.25) is 4.79 Å². The van der Waals surface area contributed by atoms with Gasteiger partial charge in [-0.2, -0.15) is 0 Å². The minimum Gasteiger partial charge on any atom is -0.354 e. The SMILES string of the molecule is CCCCN(CC1CCCN1)c1nc[nH]c(=O)c1Br. The van der Waals surface area contributed by atoms with Crippen LogP contribution in [0.1, 0.15) is 32.6 Å². The first-order valence-electron chi connectivity index (χ1n) is 6.94. The van der Waals surface area contributed by atoms with Gasteiger partial charge in [0.2, 0.25) is 0 Å². The number of rotatable bonds is 6. The highest BCUT2D eigenvalue weighted by molar-refractivity contribution is 9.10. The van der Waals surface area contributed by atoms with Crippen LogP contribution in [0, 0.1) is 0 Å². The molecule has 106 valence electrons. The standard InChI is InChI=1S/C13H21BrN4O/c1-2-3-7-18(8-10-5-4-6-15-10)12-11(14)13(19)17-9-16-12/h9-10,15H,2-8H2,1H3,(H,16,17,19). The lowest BCUT2D eigenvalue weighted by Crippen LogP contribution is -2.39. The van der Waals surface area contributed by atoms with E-state index in [-0.39, 0.29) is 5.56 Å². The van der Waals surface area contributed by atoms with Gasteiger partial charge in [0.25, 0.3) is 5.56 Å². The number of nitrogens with one attached hydrogen (secondary N) is 2. The second kappa shape index (κ2) is 7.05. The van der Waals surface area contributed by atoms with Gasteiger partial charge >= 0.3 is 0 Å². The van der Waals surface area contributed by atoms with Crippen LogP contribution in [0.25, 0.3) is 0 Å². The van der Waals surface area contributed by atoms with Crippen molar-refractivity contribution in [1.82, 2.24) is 15.3 Å². The van der Waals surface area contributed by atoms with E-state index in [2.05, 4.69) is 43.0 Å². The van der Waals surface area contributed by atoms with Gasteiger partial charge in [-0.15, -0.1) is 0 Å². The molecule has 0 amide bonds. The third kappa shape index (κ3) is 3.79. The number of hydrogen-bond donors (Lipinski definition) is 2. The zero-order valence-corrected chi connectivity index (χ0v) is 12.9. The molecule has 2 heterocycles. The predicted octanol–water partition coefficient (Wildman–Crippen LogP) is 1.89. The van der Waals surface area contributed by atoms with E-state index >= 15 is 0 Å².